The lowest BCUT2D eigenvalue weighted by atomic mass is 9.97. The number of benzene rings is 3. The molecule has 11 heteroatoms. The third-order valence-corrected chi connectivity index (χ3v) is 8.31. The fraction of sp³-hybridized carbons (Fsp3) is 0.513. The van der Waals surface area contributed by atoms with Crippen molar-refractivity contribution in [3.05, 3.63) is 76.3 Å². The van der Waals surface area contributed by atoms with Gasteiger partial charge in [0.15, 0.2) is 0 Å². The molecule has 0 aliphatic rings. The molecule has 0 N–H and O–H groups in total. The number of rotatable bonds is 21. The number of methoxy groups -OCH3 is 1. The smallest absolute Gasteiger partial charge is 0.311 e. The van der Waals surface area contributed by atoms with Crippen LogP contribution in [0.5, 0.6) is 5.75 Å². The second kappa shape index (κ2) is 20.8. The van der Waals surface area contributed by atoms with Crippen LogP contribution in [0.4, 0.5) is 34.1 Å². The van der Waals surface area contributed by atoms with Crippen molar-refractivity contribution in [2.45, 2.75) is 98.8 Å². The zero-order chi connectivity index (χ0) is 36.4. The number of nitrogens with zero attached hydrogens (tertiary/aromatic N) is 6. The maximum atomic E-state index is 12.4. The highest BCUT2D eigenvalue weighted by Gasteiger charge is 2.23. The largest absolute Gasteiger partial charge is 0.494 e. The van der Waals surface area contributed by atoms with Gasteiger partial charge < -0.3 is 14.4 Å². The first-order chi connectivity index (χ1) is 24.0. The van der Waals surface area contributed by atoms with E-state index in [2.05, 4.69) is 32.3 Å². The molecule has 3 rings (SSSR count). The standard InChI is InChI=1S/C39H54N6O5/c1-7-8-9-10-11-12-13-14-15-16-25-44(26-27-50-38(46)39(3,4)5)33-21-17-31(18-22-33)41-43-36-28-30(2)35(29-37(36)49-6)42-40-32-19-23-34(24-20-32)45(47)48/h17-24,28-29H,7-16,25-27H2,1-6H3/b42-40+,43-41+. The molecule has 0 bridgehead atoms. The molecular weight excluding hydrogens is 632 g/mol. The molecule has 3 aromatic rings. The maximum Gasteiger partial charge on any atom is 0.311 e. The normalized spacial score (nSPS) is 11.7. The highest BCUT2D eigenvalue weighted by molar-refractivity contribution is 5.75. The predicted octanol–water partition coefficient (Wildman–Crippen LogP) is 12.1. The highest BCUT2D eigenvalue weighted by Crippen LogP contribution is 2.37. The molecule has 50 heavy (non-hydrogen) atoms. The van der Waals surface area contributed by atoms with E-state index < -0.39 is 10.3 Å². The van der Waals surface area contributed by atoms with Crippen LogP contribution in [0, 0.1) is 22.5 Å². The number of hydrogen-bond acceptors (Lipinski definition) is 10. The zero-order valence-corrected chi connectivity index (χ0v) is 30.7. The number of anilines is 1. The number of non-ortho nitro benzene ring substituents is 1. The zero-order valence-electron chi connectivity index (χ0n) is 30.7. The third-order valence-electron chi connectivity index (χ3n) is 8.31. The number of aryl methyl sites for hydroxylation is 1. The number of esters is 1. The lowest BCUT2D eigenvalue weighted by Gasteiger charge is -2.26. The van der Waals surface area contributed by atoms with Crippen LogP contribution in [0.3, 0.4) is 0 Å². The average Bonchev–Trinajstić information content (AvgIpc) is 3.10. The summed E-state index contributed by atoms with van der Waals surface area (Å²) in [5, 5.41) is 28.3. The monoisotopic (exact) mass is 686 g/mol. The Balaban J connectivity index is 1.63. The molecule has 0 saturated heterocycles. The molecule has 0 atom stereocenters. The molecule has 0 aliphatic heterocycles. The number of nitro benzene ring substituents is 1. The van der Waals surface area contributed by atoms with Gasteiger partial charge in [0.05, 0.1) is 41.1 Å². The summed E-state index contributed by atoms with van der Waals surface area (Å²) in [6.45, 7) is 11.6. The number of carbonyl (C=O) groups is 1. The van der Waals surface area contributed by atoms with E-state index in [9.17, 15) is 14.9 Å². The first kappa shape index (κ1) is 39.8. The van der Waals surface area contributed by atoms with Crippen LogP contribution in [0.2, 0.25) is 0 Å². The van der Waals surface area contributed by atoms with Crippen LogP contribution in [0.15, 0.2) is 81.1 Å². The third kappa shape index (κ3) is 13.7. The van der Waals surface area contributed by atoms with Crippen LogP contribution < -0.4 is 9.64 Å². The van der Waals surface area contributed by atoms with Gasteiger partial charge in [-0.1, -0.05) is 64.7 Å². The van der Waals surface area contributed by atoms with Crippen molar-refractivity contribution < 1.29 is 19.2 Å². The lowest BCUT2D eigenvalue weighted by molar-refractivity contribution is -0.384. The predicted molar refractivity (Wildman–Crippen MR) is 200 cm³/mol. The Morgan fingerprint density at radius 1 is 0.760 bits per heavy atom. The van der Waals surface area contributed by atoms with E-state index in [1.165, 1.54) is 69.9 Å². The van der Waals surface area contributed by atoms with Gasteiger partial charge in [0.25, 0.3) is 5.69 Å². The van der Waals surface area contributed by atoms with Crippen LogP contribution >= 0.6 is 0 Å². The molecule has 0 amide bonds. The first-order valence-corrected chi connectivity index (χ1v) is 17.8. The van der Waals surface area contributed by atoms with Gasteiger partial charge in [-0.05, 0) is 82.1 Å². The van der Waals surface area contributed by atoms with Gasteiger partial charge in [-0.2, -0.15) is 15.3 Å². The quantitative estimate of drug-likeness (QED) is 0.0360. The molecule has 0 spiro atoms. The van der Waals surface area contributed by atoms with E-state index in [0.717, 1.165) is 24.2 Å². The van der Waals surface area contributed by atoms with Gasteiger partial charge in [-0.25, -0.2) is 0 Å². The summed E-state index contributed by atoms with van der Waals surface area (Å²) in [7, 11) is 1.55. The maximum absolute atomic E-state index is 12.4. The summed E-state index contributed by atoms with van der Waals surface area (Å²) in [4.78, 5) is 25.1. The fourth-order valence-corrected chi connectivity index (χ4v) is 5.23. The van der Waals surface area contributed by atoms with E-state index in [0.29, 0.717) is 41.7 Å². The minimum absolute atomic E-state index is 0.00766. The van der Waals surface area contributed by atoms with Gasteiger partial charge in [0, 0.05) is 30.4 Å². The summed E-state index contributed by atoms with van der Waals surface area (Å²) in [5.74, 6) is 0.291. The Hall–Kier alpha value is -4.67. The van der Waals surface area contributed by atoms with Crippen LogP contribution in [0.1, 0.15) is 97.5 Å². The second-order valence-electron chi connectivity index (χ2n) is 13.6. The molecule has 11 nitrogen and oxygen atoms in total. The SMILES string of the molecule is CCCCCCCCCCCCN(CCOC(=O)C(C)(C)C)c1ccc(/N=N/c2cc(C)c(/N=N/c3ccc([N+](=O)[O-])cc3)cc2OC)cc1. The molecule has 0 heterocycles. The molecular formula is C39H54N6O5. The Morgan fingerprint density at radius 3 is 1.84 bits per heavy atom. The molecule has 0 saturated carbocycles. The number of unbranched alkanes of at least 4 members (excludes halogenated alkanes) is 9. The van der Waals surface area contributed by atoms with Crippen LogP contribution in [-0.2, 0) is 9.53 Å². The first-order valence-electron chi connectivity index (χ1n) is 17.8. The van der Waals surface area contributed by atoms with Gasteiger partial charge in [0.2, 0.25) is 0 Å². The minimum atomic E-state index is -0.533. The van der Waals surface area contributed by atoms with E-state index in [4.69, 9.17) is 9.47 Å². The lowest BCUT2D eigenvalue weighted by Crippen LogP contribution is -2.31. The van der Waals surface area contributed by atoms with Crippen molar-refractivity contribution in [2.24, 2.45) is 25.9 Å². The van der Waals surface area contributed by atoms with Gasteiger partial charge in [-0.3, -0.25) is 14.9 Å². The van der Waals surface area contributed by atoms with Gasteiger partial charge in [0.1, 0.15) is 18.0 Å². The van der Waals surface area contributed by atoms with Gasteiger partial charge >= 0.3 is 5.97 Å². The summed E-state index contributed by atoms with van der Waals surface area (Å²) in [5.41, 5.74) is 3.63. The van der Waals surface area contributed by atoms with Crippen molar-refractivity contribution in [3.8, 4) is 5.75 Å². The fourth-order valence-electron chi connectivity index (χ4n) is 5.23. The van der Waals surface area contributed by atoms with E-state index in [-0.39, 0.29) is 11.7 Å². The number of nitro groups is 1. The Labute approximate surface area is 297 Å². The van der Waals surface area contributed by atoms with Crippen LogP contribution in [-0.4, -0.2) is 37.7 Å². The Kier molecular flexibility index (Phi) is 16.5. The number of hydrogen-bond donors (Lipinski definition) is 0. The molecule has 0 aliphatic carbocycles. The van der Waals surface area contributed by atoms with E-state index >= 15 is 0 Å². The van der Waals surface area contributed by atoms with Crippen molar-refractivity contribution >= 4 is 40.1 Å². The molecule has 0 fully saturated rings. The highest BCUT2D eigenvalue weighted by atomic mass is 16.6. The summed E-state index contributed by atoms with van der Waals surface area (Å²) in [6.07, 6.45) is 12.8. The molecule has 0 radical (unpaired) electrons. The number of azo groups is 2. The molecule has 3 aromatic carbocycles. The summed E-state index contributed by atoms with van der Waals surface area (Å²) < 4.78 is 11.2. The Morgan fingerprint density at radius 2 is 1.30 bits per heavy atom. The summed E-state index contributed by atoms with van der Waals surface area (Å²) >= 11 is 0. The van der Waals surface area contributed by atoms with E-state index in [1.807, 2.05) is 58.0 Å². The molecule has 270 valence electrons. The van der Waals surface area contributed by atoms with Crippen molar-refractivity contribution in [1.82, 2.24) is 0 Å². The molecule has 0 aromatic heterocycles. The van der Waals surface area contributed by atoms with Crippen molar-refractivity contribution in [3.63, 3.8) is 0 Å². The molecule has 0 unspecified atom stereocenters. The second-order valence-corrected chi connectivity index (χ2v) is 13.6. The van der Waals surface area contributed by atoms with E-state index in [1.54, 1.807) is 25.3 Å². The topological polar surface area (TPSA) is 131 Å². The average molecular weight is 687 g/mol. The minimum Gasteiger partial charge on any atom is -0.494 e. The van der Waals surface area contributed by atoms with Crippen molar-refractivity contribution in [1.29, 1.82) is 0 Å². The summed E-state index contributed by atoms with van der Waals surface area (Å²) in [6, 6.07) is 17.3. The van der Waals surface area contributed by atoms with Crippen molar-refractivity contribution in [2.75, 3.05) is 31.7 Å². The Bertz CT molecular complexity index is 1550. The van der Waals surface area contributed by atoms with Gasteiger partial charge in [-0.15, -0.1) is 5.11 Å². The van der Waals surface area contributed by atoms with Crippen LogP contribution in [0.25, 0.3) is 0 Å². The number of ether oxygens (including phenoxy) is 2. The number of carbonyl (C=O) groups excluding carboxylic acids is 1.